The van der Waals surface area contributed by atoms with Crippen LogP contribution in [0.15, 0.2) is 30.5 Å². The number of benzene rings is 1. The number of carbonyl (C=O) groups is 2. The maximum Gasteiger partial charge on any atom is 0.248 e. The van der Waals surface area contributed by atoms with Crippen LogP contribution in [-0.2, 0) is 4.79 Å². The van der Waals surface area contributed by atoms with Crippen LogP contribution in [0.4, 0.5) is 5.95 Å². The zero-order valence-electron chi connectivity index (χ0n) is 19.1. The van der Waals surface area contributed by atoms with Gasteiger partial charge >= 0.3 is 0 Å². The molecule has 1 saturated heterocycles. The van der Waals surface area contributed by atoms with Crippen LogP contribution in [-0.4, -0.2) is 53.9 Å². The van der Waals surface area contributed by atoms with E-state index in [0.717, 1.165) is 36.2 Å². The Balaban J connectivity index is 1.60. The number of nitrogens with zero attached hydrogens (tertiary/aromatic N) is 4. The molecule has 1 aliphatic carbocycles. The lowest BCUT2D eigenvalue weighted by Crippen LogP contribution is -2.40. The fraction of sp³-hybridized carbons (Fsp3) is 0.520. The van der Waals surface area contributed by atoms with Gasteiger partial charge < -0.3 is 15.5 Å². The third-order valence-corrected chi connectivity index (χ3v) is 6.78. The molecule has 0 unspecified atom stereocenters. The molecule has 1 atom stereocenters. The van der Waals surface area contributed by atoms with Crippen LogP contribution in [0.2, 0.25) is 0 Å². The molecule has 7 nitrogen and oxygen atoms in total. The Morgan fingerprint density at radius 3 is 2.47 bits per heavy atom. The van der Waals surface area contributed by atoms with Crippen LogP contribution in [0.25, 0.3) is 11.1 Å². The zero-order valence-corrected chi connectivity index (χ0v) is 19.1. The highest BCUT2D eigenvalue weighted by Crippen LogP contribution is 2.35. The largest absolute Gasteiger partial charge is 0.366 e. The Bertz CT molecular complexity index is 967. The van der Waals surface area contributed by atoms with E-state index in [-0.39, 0.29) is 11.8 Å². The molecule has 2 aliphatic rings. The summed E-state index contributed by atoms with van der Waals surface area (Å²) in [6.45, 7) is 1.53. The van der Waals surface area contributed by atoms with Crippen molar-refractivity contribution in [2.75, 3.05) is 32.1 Å². The molecule has 1 saturated carbocycles. The first kappa shape index (κ1) is 22.2. The van der Waals surface area contributed by atoms with E-state index in [4.69, 9.17) is 10.7 Å². The third kappa shape index (κ3) is 4.92. The lowest BCUT2D eigenvalue weighted by molar-refractivity contribution is -0.133. The van der Waals surface area contributed by atoms with Gasteiger partial charge in [0.2, 0.25) is 17.8 Å². The van der Waals surface area contributed by atoms with Gasteiger partial charge in [0.25, 0.3) is 0 Å². The molecule has 0 spiro atoms. The summed E-state index contributed by atoms with van der Waals surface area (Å²) < 4.78 is 0. The second-order valence-corrected chi connectivity index (χ2v) is 9.34. The van der Waals surface area contributed by atoms with E-state index in [1.807, 2.05) is 42.2 Å². The average Bonchev–Trinajstić information content (AvgIpc) is 3.32. The van der Waals surface area contributed by atoms with Gasteiger partial charge in [-0.3, -0.25) is 9.59 Å². The van der Waals surface area contributed by atoms with Crippen molar-refractivity contribution in [3.63, 3.8) is 0 Å². The second-order valence-electron chi connectivity index (χ2n) is 9.34. The maximum absolute atomic E-state index is 13.0. The average molecular weight is 436 g/mol. The quantitative estimate of drug-likeness (QED) is 0.748. The van der Waals surface area contributed by atoms with E-state index in [2.05, 4.69) is 4.98 Å². The Hall–Kier alpha value is -2.96. The van der Waals surface area contributed by atoms with E-state index in [0.29, 0.717) is 30.4 Å². The number of likely N-dealkylation sites (tertiary alicyclic amines) is 1. The number of primary amides is 1. The highest BCUT2D eigenvalue weighted by atomic mass is 16.2. The molecule has 32 heavy (non-hydrogen) atoms. The number of anilines is 1. The van der Waals surface area contributed by atoms with Crippen LogP contribution in [0.1, 0.15) is 66.9 Å². The molecule has 1 aliphatic heterocycles. The number of piperidine rings is 1. The summed E-state index contributed by atoms with van der Waals surface area (Å²) in [4.78, 5) is 37.9. The Labute approximate surface area is 190 Å². The normalized spacial score (nSPS) is 19.2. The van der Waals surface area contributed by atoms with Gasteiger partial charge in [-0.2, -0.15) is 0 Å². The van der Waals surface area contributed by atoms with Crippen LogP contribution < -0.4 is 10.6 Å². The third-order valence-electron chi connectivity index (χ3n) is 6.78. The van der Waals surface area contributed by atoms with Crippen LogP contribution >= 0.6 is 0 Å². The number of aromatic nitrogens is 2. The number of hydrogen-bond acceptors (Lipinski definition) is 5. The molecule has 2 fully saturated rings. The van der Waals surface area contributed by atoms with Crippen LogP contribution in [0.5, 0.6) is 0 Å². The first-order valence-electron chi connectivity index (χ1n) is 11.6. The number of hydrogen-bond donors (Lipinski definition) is 1. The van der Waals surface area contributed by atoms with E-state index in [9.17, 15) is 9.59 Å². The van der Waals surface area contributed by atoms with Crippen LogP contribution in [0.3, 0.4) is 0 Å². The molecule has 0 bridgehead atoms. The summed E-state index contributed by atoms with van der Waals surface area (Å²) in [6.07, 6.45) is 9.39. The first-order chi connectivity index (χ1) is 15.4. The minimum absolute atomic E-state index is 0.156. The smallest absolute Gasteiger partial charge is 0.248 e. The highest BCUT2D eigenvalue weighted by Gasteiger charge is 2.30. The molecule has 4 rings (SSSR count). The first-order valence-corrected chi connectivity index (χ1v) is 11.6. The van der Waals surface area contributed by atoms with Gasteiger partial charge in [0.15, 0.2) is 0 Å². The van der Waals surface area contributed by atoms with E-state index in [1.165, 1.54) is 25.7 Å². The number of amides is 2. The highest BCUT2D eigenvalue weighted by molar-refractivity contribution is 5.93. The summed E-state index contributed by atoms with van der Waals surface area (Å²) in [5, 5.41) is 0. The summed E-state index contributed by atoms with van der Waals surface area (Å²) in [5.74, 6) is 1.22. The molecular weight excluding hydrogens is 402 g/mol. The van der Waals surface area contributed by atoms with Gasteiger partial charge in [-0.05, 0) is 49.3 Å². The second kappa shape index (κ2) is 9.67. The van der Waals surface area contributed by atoms with Crippen molar-refractivity contribution in [3.05, 3.63) is 41.7 Å². The molecule has 2 N–H and O–H groups in total. The van der Waals surface area contributed by atoms with Gasteiger partial charge in [0, 0.05) is 56.8 Å². The summed E-state index contributed by atoms with van der Waals surface area (Å²) in [6, 6.07) is 7.26. The van der Waals surface area contributed by atoms with Crippen molar-refractivity contribution in [2.45, 2.75) is 50.9 Å². The van der Waals surface area contributed by atoms with Gasteiger partial charge in [-0.1, -0.05) is 25.0 Å². The molecule has 7 heteroatoms. The molecule has 1 aromatic carbocycles. The van der Waals surface area contributed by atoms with E-state index < -0.39 is 5.91 Å². The SMILES string of the molecule is CN(C)c1ncc(-c2ccc(C(N)=O)cc2)c([C@@H]2CCCN(C(=O)CC3CCCC3)C2)n1. The van der Waals surface area contributed by atoms with Gasteiger partial charge in [-0.25, -0.2) is 9.97 Å². The van der Waals surface area contributed by atoms with Gasteiger partial charge in [0.1, 0.15) is 0 Å². The summed E-state index contributed by atoms with van der Waals surface area (Å²) >= 11 is 0. The topological polar surface area (TPSA) is 92.4 Å². The predicted octanol–water partition coefficient (Wildman–Crippen LogP) is 3.59. The molecule has 0 radical (unpaired) electrons. The Morgan fingerprint density at radius 1 is 1.09 bits per heavy atom. The standard InChI is InChI=1S/C25H33N5O2/c1-29(2)25-27-15-21(18-9-11-19(12-10-18)24(26)32)23(28-25)20-8-5-13-30(16-20)22(31)14-17-6-3-4-7-17/h9-12,15,17,20H,3-8,13-14,16H2,1-2H3,(H2,26,32)/t20-/m1/s1. The Kier molecular flexibility index (Phi) is 6.72. The number of nitrogens with two attached hydrogens (primary N) is 1. The Morgan fingerprint density at radius 2 is 1.81 bits per heavy atom. The van der Waals surface area contributed by atoms with E-state index >= 15 is 0 Å². The maximum atomic E-state index is 13.0. The van der Waals surface area contributed by atoms with Gasteiger partial charge in [-0.15, -0.1) is 0 Å². The number of rotatable bonds is 6. The predicted molar refractivity (Wildman–Crippen MR) is 125 cm³/mol. The minimum atomic E-state index is -0.445. The molecule has 2 amide bonds. The molecule has 2 aromatic rings. The molecular formula is C25H33N5O2. The molecule has 1 aromatic heterocycles. The zero-order chi connectivity index (χ0) is 22.7. The monoisotopic (exact) mass is 435 g/mol. The van der Waals surface area contributed by atoms with Crippen molar-refractivity contribution < 1.29 is 9.59 Å². The summed E-state index contributed by atoms with van der Waals surface area (Å²) in [7, 11) is 3.86. The molecule has 2 heterocycles. The fourth-order valence-corrected chi connectivity index (χ4v) is 4.97. The van der Waals surface area contributed by atoms with Crippen molar-refractivity contribution in [1.82, 2.24) is 14.9 Å². The van der Waals surface area contributed by atoms with Crippen molar-refractivity contribution >= 4 is 17.8 Å². The fourth-order valence-electron chi connectivity index (χ4n) is 4.97. The minimum Gasteiger partial charge on any atom is -0.366 e. The lowest BCUT2D eigenvalue weighted by Gasteiger charge is -2.34. The summed E-state index contributed by atoms with van der Waals surface area (Å²) in [5.41, 5.74) is 8.73. The van der Waals surface area contributed by atoms with E-state index in [1.54, 1.807) is 12.1 Å². The number of carbonyl (C=O) groups excluding carboxylic acids is 2. The van der Waals surface area contributed by atoms with Crippen molar-refractivity contribution in [2.24, 2.45) is 11.7 Å². The van der Waals surface area contributed by atoms with Crippen molar-refractivity contribution in [3.8, 4) is 11.1 Å². The lowest BCUT2D eigenvalue weighted by atomic mass is 9.89. The van der Waals surface area contributed by atoms with Gasteiger partial charge in [0.05, 0.1) is 5.69 Å². The van der Waals surface area contributed by atoms with Crippen LogP contribution in [0, 0.1) is 5.92 Å². The molecule has 170 valence electrons. The van der Waals surface area contributed by atoms with Crippen molar-refractivity contribution in [1.29, 1.82) is 0 Å².